The van der Waals surface area contributed by atoms with Gasteiger partial charge >= 0.3 is 0 Å². The molecule has 9 heteroatoms. The summed E-state index contributed by atoms with van der Waals surface area (Å²) in [5, 5.41) is 27.8. The van der Waals surface area contributed by atoms with Gasteiger partial charge in [0, 0.05) is 29.8 Å². The summed E-state index contributed by atoms with van der Waals surface area (Å²) >= 11 is 0. The molecule has 2 heterocycles. The lowest BCUT2D eigenvalue weighted by Crippen LogP contribution is -1.99. The highest BCUT2D eigenvalue weighted by molar-refractivity contribution is 5.96. The van der Waals surface area contributed by atoms with Crippen LogP contribution in [0.4, 0.5) is 17.5 Å². The zero-order valence-corrected chi connectivity index (χ0v) is 16.1. The van der Waals surface area contributed by atoms with E-state index in [4.69, 9.17) is 20.9 Å². The molecule has 5 N–H and O–H groups in total. The van der Waals surface area contributed by atoms with Crippen LogP contribution in [0.25, 0.3) is 22.0 Å². The predicted octanol–water partition coefficient (Wildman–Crippen LogP) is 3.50. The number of nitrogens with two attached hydrogens (primary N) is 1. The Morgan fingerprint density at radius 1 is 1.30 bits per heavy atom. The number of rotatable bonds is 4. The van der Waals surface area contributed by atoms with Gasteiger partial charge in [0.2, 0.25) is 5.95 Å². The van der Waals surface area contributed by atoms with Gasteiger partial charge in [-0.15, -0.1) is 0 Å². The van der Waals surface area contributed by atoms with Gasteiger partial charge in [0.1, 0.15) is 5.82 Å². The number of H-pyrrole nitrogens is 1. The monoisotopic (exact) mass is 401 g/mol. The number of hydrogen-bond donors (Lipinski definition) is 4. The van der Waals surface area contributed by atoms with Crippen LogP contribution in [0.3, 0.4) is 0 Å². The molecule has 0 aliphatic carbocycles. The van der Waals surface area contributed by atoms with E-state index in [9.17, 15) is 0 Å². The smallest absolute Gasteiger partial charge is 0.300 e. The molecule has 9 nitrogen and oxygen atoms in total. The number of aliphatic carboxylic acids is 1. The number of nitrogen functional groups attached to an aromatic ring is 1. The number of carboxylic acid groups (broad SMARTS) is 1. The first-order chi connectivity index (χ1) is 14.5. The fraction of sp³-hybridized carbons (Fsp3) is 0.0952. The normalized spacial score (nSPS) is 10.0. The van der Waals surface area contributed by atoms with Gasteiger partial charge in [0.15, 0.2) is 0 Å². The van der Waals surface area contributed by atoms with Crippen LogP contribution >= 0.6 is 0 Å². The maximum absolute atomic E-state index is 9.00. The third-order valence-electron chi connectivity index (χ3n) is 4.02. The van der Waals surface area contributed by atoms with Crippen molar-refractivity contribution in [2.24, 2.45) is 0 Å². The maximum Gasteiger partial charge on any atom is 0.300 e. The molecule has 0 fully saturated rings. The zero-order valence-electron chi connectivity index (χ0n) is 16.1. The first kappa shape index (κ1) is 20.3. The molecule has 0 atom stereocenters. The van der Waals surface area contributed by atoms with Crippen molar-refractivity contribution in [2.45, 2.75) is 13.3 Å². The minimum absolute atomic E-state index is 0.212. The molecule has 0 aliphatic heterocycles. The minimum Gasteiger partial charge on any atom is -0.481 e. The highest BCUT2D eigenvalue weighted by Crippen LogP contribution is 2.32. The predicted molar refractivity (Wildman–Crippen MR) is 114 cm³/mol. The van der Waals surface area contributed by atoms with Gasteiger partial charge in [-0.2, -0.15) is 15.3 Å². The quantitative estimate of drug-likeness (QED) is 0.405. The van der Waals surface area contributed by atoms with E-state index in [2.05, 4.69) is 31.6 Å². The molecule has 0 saturated carbocycles. The summed E-state index contributed by atoms with van der Waals surface area (Å²) in [6.07, 6.45) is 3.75. The molecule has 2 aromatic carbocycles. The van der Waals surface area contributed by atoms with Crippen LogP contribution in [0.5, 0.6) is 0 Å². The highest BCUT2D eigenvalue weighted by atomic mass is 16.4. The van der Waals surface area contributed by atoms with E-state index >= 15 is 0 Å². The van der Waals surface area contributed by atoms with Crippen LogP contribution in [0.15, 0.2) is 54.9 Å². The van der Waals surface area contributed by atoms with Gasteiger partial charge in [0.05, 0.1) is 24.2 Å². The number of aromatic nitrogens is 4. The van der Waals surface area contributed by atoms with Crippen molar-refractivity contribution >= 4 is 34.3 Å². The summed E-state index contributed by atoms with van der Waals surface area (Å²) in [4.78, 5) is 17.1. The second kappa shape index (κ2) is 9.16. The molecule has 0 bridgehead atoms. The van der Waals surface area contributed by atoms with Crippen molar-refractivity contribution in [2.75, 3.05) is 11.1 Å². The number of benzene rings is 2. The van der Waals surface area contributed by atoms with E-state index in [1.807, 2.05) is 36.4 Å². The molecule has 4 aromatic rings. The minimum atomic E-state index is -0.833. The summed E-state index contributed by atoms with van der Waals surface area (Å²) in [5.74, 6) is -0.00616. The van der Waals surface area contributed by atoms with Crippen molar-refractivity contribution in [3.63, 3.8) is 0 Å². The molecule has 150 valence electrons. The molecule has 4 rings (SSSR count). The average molecular weight is 401 g/mol. The van der Waals surface area contributed by atoms with Crippen LogP contribution in [-0.2, 0) is 11.2 Å². The summed E-state index contributed by atoms with van der Waals surface area (Å²) in [6.45, 7) is 1.08. The lowest BCUT2D eigenvalue weighted by molar-refractivity contribution is -0.134. The van der Waals surface area contributed by atoms with Crippen LogP contribution < -0.4 is 11.1 Å². The second-order valence-electron chi connectivity index (χ2n) is 6.34. The van der Waals surface area contributed by atoms with Gasteiger partial charge in [-0.05, 0) is 29.3 Å². The topological polar surface area (TPSA) is 154 Å². The lowest BCUT2D eigenvalue weighted by atomic mass is 9.99. The van der Waals surface area contributed by atoms with E-state index in [1.54, 1.807) is 18.5 Å². The van der Waals surface area contributed by atoms with Crippen LogP contribution in [0.1, 0.15) is 12.5 Å². The molecule has 0 amide bonds. The Labute approximate surface area is 172 Å². The fourth-order valence-electron chi connectivity index (χ4n) is 2.89. The van der Waals surface area contributed by atoms with Crippen LogP contribution in [-0.4, -0.2) is 31.2 Å². The number of aromatic amines is 1. The van der Waals surface area contributed by atoms with Gasteiger partial charge < -0.3 is 16.2 Å². The Balaban J connectivity index is 0.000000589. The molecule has 0 unspecified atom stereocenters. The third kappa shape index (κ3) is 5.08. The number of hydrogen-bond acceptors (Lipinski definition) is 7. The second-order valence-corrected chi connectivity index (χ2v) is 6.34. The first-order valence-electron chi connectivity index (χ1n) is 8.94. The molecule has 30 heavy (non-hydrogen) atoms. The van der Waals surface area contributed by atoms with E-state index in [-0.39, 0.29) is 5.95 Å². The summed E-state index contributed by atoms with van der Waals surface area (Å²) in [5.41, 5.74) is 10.4. The van der Waals surface area contributed by atoms with Crippen LogP contribution in [0, 0.1) is 11.3 Å². The molecule has 0 saturated heterocycles. The van der Waals surface area contributed by atoms with E-state index in [0.717, 1.165) is 40.2 Å². The molecule has 0 radical (unpaired) electrons. The number of nitrogens with zero attached hydrogens (tertiary/aromatic N) is 4. The number of fused-ring (bicyclic) bond motifs is 1. The molecular weight excluding hydrogens is 382 g/mol. The number of nitrogens with one attached hydrogen (secondary N) is 2. The molecule has 0 spiro atoms. The summed E-state index contributed by atoms with van der Waals surface area (Å²) in [6, 6.07) is 15.9. The average Bonchev–Trinajstić information content (AvgIpc) is 3.16. The van der Waals surface area contributed by atoms with Gasteiger partial charge in [-0.3, -0.25) is 9.89 Å². The molecule has 0 aliphatic rings. The Morgan fingerprint density at radius 2 is 2.10 bits per heavy atom. The standard InChI is InChI=1S/C19H15N7.C2H4O2/c20-6-4-12-2-1-3-13(8-12)16-10-15(9-14-11-23-26-18(14)16)24-17-5-7-22-19(21)25-17;1-2(3)4/h1-3,5,7-11H,4H2,(H,23,26)(H3,21,22,24,25);1H3,(H,3,4). The molecule has 2 aromatic heterocycles. The number of anilines is 3. The van der Waals surface area contributed by atoms with Crippen LogP contribution in [0.2, 0.25) is 0 Å². The van der Waals surface area contributed by atoms with Gasteiger partial charge in [-0.25, -0.2) is 4.98 Å². The van der Waals surface area contributed by atoms with Crippen molar-refractivity contribution < 1.29 is 9.90 Å². The van der Waals surface area contributed by atoms with Crippen molar-refractivity contribution in [3.8, 4) is 17.2 Å². The van der Waals surface area contributed by atoms with E-state index < -0.39 is 5.97 Å². The Hall–Kier alpha value is -4.45. The zero-order chi connectivity index (χ0) is 21.5. The first-order valence-corrected chi connectivity index (χ1v) is 8.94. The Bertz CT molecular complexity index is 1220. The molecular formula is C21H19N7O2. The largest absolute Gasteiger partial charge is 0.481 e. The Morgan fingerprint density at radius 3 is 2.83 bits per heavy atom. The van der Waals surface area contributed by atoms with Crippen molar-refractivity contribution in [1.82, 2.24) is 20.2 Å². The Kier molecular flexibility index (Phi) is 6.20. The lowest BCUT2D eigenvalue weighted by Gasteiger charge is -2.10. The number of carbonyl (C=O) groups is 1. The number of carboxylic acids is 1. The maximum atomic E-state index is 9.00. The highest BCUT2D eigenvalue weighted by Gasteiger charge is 2.10. The summed E-state index contributed by atoms with van der Waals surface area (Å²) in [7, 11) is 0. The van der Waals surface area contributed by atoms with E-state index in [0.29, 0.717) is 12.2 Å². The summed E-state index contributed by atoms with van der Waals surface area (Å²) < 4.78 is 0. The third-order valence-corrected chi connectivity index (χ3v) is 4.02. The van der Waals surface area contributed by atoms with Gasteiger partial charge in [0.25, 0.3) is 5.97 Å². The van der Waals surface area contributed by atoms with Crippen molar-refractivity contribution in [1.29, 1.82) is 5.26 Å². The fourth-order valence-corrected chi connectivity index (χ4v) is 2.89. The van der Waals surface area contributed by atoms with Gasteiger partial charge in [-0.1, -0.05) is 24.3 Å². The van der Waals surface area contributed by atoms with E-state index in [1.165, 1.54) is 0 Å². The number of nitriles is 1. The van der Waals surface area contributed by atoms with Crippen molar-refractivity contribution in [3.05, 3.63) is 60.4 Å². The SMILES string of the molecule is CC(=O)O.N#CCc1cccc(-c2cc(Nc3ccnc(N)n3)cc3cn[nH]c23)c1.